The number of hydrogen-bond donors (Lipinski definition) is 1. The molecule has 1 saturated heterocycles. The molecule has 3 nitrogen and oxygen atoms in total. The fourth-order valence-electron chi connectivity index (χ4n) is 1.80. The molecule has 1 fully saturated rings. The Kier molecular flexibility index (Phi) is 3.65. The standard InChI is InChI=1S/C12H14F3NO2/c13-12(14,15)9-3-10(16)5-11(4-9)18-7-8-1-2-17-6-8/h3-5,8H,1-2,6-7,16H2. The highest BCUT2D eigenvalue weighted by atomic mass is 19.4. The van der Waals surface area contributed by atoms with Gasteiger partial charge in [-0.2, -0.15) is 13.2 Å². The van der Waals surface area contributed by atoms with E-state index in [4.69, 9.17) is 15.2 Å². The summed E-state index contributed by atoms with van der Waals surface area (Å²) in [5.41, 5.74) is 4.69. The van der Waals surface area contributed by atoms with Crippen LogP contribution in [0.5, 0.6) is 5.75 Å². The van der Waals surface area contributed by atoms with Crippen LogP contribution in [0.4, 0.5) is 18.9 Å². The molecule has 2 N–H and O–H groups in total. The number of nitrogens with two attached hydrogens (primary N) is 1. The van der Waals surface area contributed by atoms with Gasteiger partial charge in [0.05, 0.1) is 18.8 Å². The molecular formula is C12H14F3NO2. The van der Waals surface area contributed by atoms with Crippen molar-refractivity contribution < 1.29 is 22.6 Å². The van der Waals surface area contributed by atoms with Gasteiger partial charge < -0.3 is 15.2 Å². The van der Waals surface area contributed by atoms with Gasteiger partial charge >= 0.3 is 6.18 Å². The van der Waals surface area contributed by atoms with Crippen LogP contribution >= 0.6 is 0 Å². The third-order valence-corrected chi connectivity index (χ3v) is 2.77. The predicted octanol–water partition coefficient (Wildman–Crippen LogP) is 2.70. The molecule has 1 aromatic carbocycles. The van der Waals surface area contributed by atoms with Crippen LogP contribution in [-0.2, 0) is 10.9 Å². The van der Waals surface area contributed by atoms with Crippen LogP contribution < -0.4 is 10.5 Å². The molecule has 2 rings (SSSR count). The average molecular weight is 261 g/mol. The number of anilines is 1. The van der Waals surface area contributed by atoms with Crippen molar-refractivity contribution in [3.05, 3.63) is 23.8 Å². The molecule has 0 amide bonds. The number of alkyl halides is 3. The topological polar surface area (TPSA) is 44.5 Å². The van der Waals surface area contributed by atoms with Gasteiger partial charge in [0, 0.05) is 24.3 Å². The van der Waals surface area contributed by atoms with Crippen molar-refractivity contribution in [3.8, 4) is 5.75 Å². The van der Waals surface area contributed by atoms with Crippen molar-refractivity contribution in [2.45, 2.75) is 12.6 Å². The Balaban J connectivity index is 2.05. The van der Waals surface area contributed by atoms with Gasteiger partial charge in [0.2, 0.25) is 0 Å². The minimum absolute atomic E-state index is 0.0440. The van der Waals surface area contributed by atoms with E-state index in [1.54, 1.807) is 0 Å². The Bertz CT molecular complexity index is 414. The molecule has 100 valence electrons. The van der Waals surface area contributed by atoms with E-state index in [9.17, 15) is 13.2 Å². The van der Waals surface area contributed by atoms with Gasteiger partial charge in [-0.1, -0.05) is 0 Å². The molecule has 0 radical (unpaired) electrons. The lowest BCUT2D eigenvalue weighted by Gasteiger charge is -2.13. The van der Waals surface area contributed by atoms with Gasteiger partial charge in [0.15, 0.2) is 0 Å². The maximum atomic E-state index is 12.6. The fraction of sp³-hybridized carbons (Fsp3) is 0.500. The second-order valence-electron chi connectivity index (χ2n) is 4.33. The van der Waals surface area contributed by atoms with E-state index in [2.05, 4.69) is 0 Å². The number of ether oxygens (including phenoxy) is 2. The number of rotatable bonds is 3. The summed E-state index contributed by atoms with van der Waals surface area (Å²) in [6.07, 6.45) is -3.54. The first-order valence-corrected chi connectivity index (χ1v) is 5.63. The molecule has 6 heteroatoms. The highest BCUT2D eigenvalue weighted by Crippen LogP contribution is 2.33. The van der Waals surface area contributed by atoms with E-state index in [1.807, 2.05) is 0 Å². The van der Waals surface area contributed by atoms with E-state index in [0.29, 0.717) is 19.8 Å². The highest BCUT2D eigenvalue weighted by Gasteiger charge is 2.31. The zero-order valence-electron chi connectivity index (χ0n) is 9.67. The van der Waals surface area contributed by atoms with Gasteiger partial charge in [-0.15, -0.1) is 0 Å². The molecule has 0 saturated carbocycles. The molecule has 1 aromatic rings. The van der Waals surface area contributed by atoms with Gasteiger partial charge in [0.25, 0.3) is 0 Å². The lowest BCUT2D eigenvalue weighted by atomic mass is 10.1. The number of benzene rings is 1. The highest BCUT2D eigenvalue weighted by molar-refractivity contribution is 5.48. The van der Waals surface area contributed by atoms with E-state index in [1.165, 1.54) is 6.07 Å². The quantitative estimate of drug-likeness (QED) is 0.851. The minimum Gasteiger partial charge on any atom is -0.493 e. The molecule has 18 heavy (non-hydrogen) atoms. The third-order valence-electron chi connectivity index (χ3n) is 2.77. The maximum Gasteiger partial charge on any atom is 0.416 e. The second-order valence-corrected chi connectivity index (χ2v) is 4.33. The van der Waals surface area contributed by atoms with Crippen molar-refractivity contribution in [2.24, 2.45) is 5.92 Å². The summed E-state index contributed by atoms with van der Waals surface area (Å²) in [4.78, 5) is 0. The number of hydrogen-bond acceptors (Lipinski definition) is 3. The summed E-state index contributed by atoms with van der Waals surface area (Å²) >= 11 is 0. The van der Waals surface area contributed by atoms with Crippen LogP contribution in [-0.4, -0.2) is 19.8 Å². The van der Waals surface area contributed by atoms with Crippen LogP contribution in [0.3, 0.4) is 0 Å². The molecule has 1 heterocycles. The SMILES string of the molecule is Nc1cc(OCC2CCOC2)cc(C(F)(F)F)c1. The van der Waals surface area contributed by atoms with Crippen molar-refractivity contribution in [1.82, 2.24) is 0 Å². The molecule has 1 atom stereocenters. The third kappa shape index (κ3) is 3.29. The molecule has 0 aliphatic carbocycles. The first kappa shape index (κ1) is 13.0. The second kappa shape index (κ2) is 5.06. The molecule has 1 aliphatic rings. The lowest BCUT2D eigenvalue weighted by molar-refractivity contribution is -0.137. The summed E-state index contributed by atoms with van der Waals surface area (Å²) in [7, 11) is 0. The Morgan fingerprint density at radius 3 is 2.72 bits per heavy atom. The predicted molar refractivity (Wildman–Crippen MR) is 60.3 cm³/mol. The van der Waals surface area contributed by atoms with E-state index in [0.717, 1.165) is 18.6 Å². The Labute approximate surface area is 103 Å². The van der Waals surface area contributed by atoms with Crippen molar-refractivity contribution >= 4 is 5.69 Å². The molecular weight excluding hydrogens is 247 g/mol. The van der Waals surface area contributed by atoms with Crippen LogP contribution in [0.1, 0.15) is 12.0 Å². The fourth-order valence-corrected chi connectivity index (χ4v) is 1.80. The summed E-state index contributed by atoms with van der Waals surface area (Å²) < 4.78 is 48.2. The molecule has 0 bridgehead atoms. The van der Waals surface area contributed by atoms with Crippen molar-refractivity contribution in [1.29, 1.82) is 0 Å². The Morgan fingerprint density at radius 1 is 1.33 bits per heavy atom. The number of nitrogen functional groups attached to an aromatic ring is 1. The minimum atomic E-state index is -4.41. The first-order chi connectivity index (χ1) is 8.45. The smallest absolute Gasteiger partial charge is 0.416 e. The summed E-state index contributed by atoms with van der Waals surface area (Å²) in [5, 5.41) is 0. The van der Waals surface area contributed by atoms with Gasteiger partial charge in [-0.3, -0.25) is 0 Å². The Hall–Kier alpha value is -1.43. The molecule has 1 unspecified atom stereocenters. The summed E-state index contributed by atoms with van der Waals surface area (Å²) in [6, 6.07) is 3.25. The molecule has 1 aliphatic heterocycles. The summed E-state index contributed by atoms with van der Waals surface area (Å²) in [5.74, 6) is 0.384. The first-order valence-electron chi connectivity index (χ1n) is 5.63. The molecule has 0 aromatic heterocycles. The van der Waals surface area contributed by atoms with Gasteiger partial charge in [0.1, 0.15) is 5.75 Å². The van der Waals surface area contributed by atoms with Gasteiger partial charge in [-0.25, -0.2) is 0 Å². The largest absolute Gasteiger partial charge is 0.493 e. The van der Waals surface area contributed by atoms with E-state index in [-0.39, 0.29) is 17.4 Å². The normalized spacial score (nSPS) is 20.1. The van der Waals surface area contributed by atoms with Crippen LogP contribution in [0.15, 0.2) is 18.2 Å². The summed E-state index contributed by atoms with van der Waals surface area (Å²) in [6.45, 7) is 1.62. The monoisotopic (exact) mass is 261 g/mol. The van der Waals surface area contributed by atoms with Gasteiger partial charge in [-0.05, 0) is 18.6 Å². The van der Waals surface area contributed by atoms with Crippen LogP contribution in [0.25, 0.3) is 0 Å². The number of halogens is 3. The van der Waals surface area contributed by atoms with Crippen molar-refractivity contribution in [2.75, 3.05) is 25.6 Å². The maximum absolute atomic E-state index is 12.6. The molecule has 0 spiro atoms. The lowest BCUT2D eigenvalue weighted by Crippen LogP contribution is -2.12. The average Bonchev–Trinajstić information content (AvgIpc) is 2.77. The zero-order chi connectivity index (χ0) is 13.2. The van der Waals surface area contributed by atoms with E-state index >= 15 is 0 Å². The van der Waals surface area contributed by atoms with Crippen molar-refractivity contribution in [3.63, 3.8) is 0 Å². The zero-order valence-corrected chi connectivity index (χ0v) is 9.67. The van der Waals surface area contributed by atoms with Crippen LogP contribution in [0.2, 0.25) is 0 Å². The van der Waals surface area contributed by atoms with Crippen LogP contribution in [0, 0.1) is 5.92 Å². The van der Waals surface area contributed by atoms with E-state index < -0.39 is 11.7 Å². The Morgan fingerprint density at radius 2 is 2.11 bits per heavy atom.